The van der Waals surface area contributed by atoms with Gasteiger partial charge in [0.05, 0.1) is 18.7 Å². The van der Waals surface area contributed by atoms with Crippen molar-refractivity contribution in [3.05, 3.63) is 48.2 Å². The number of hydrogen-bond acceptors (Lipinski definition) is 5. The number of aromatic nitrogens is 2. The summed E-state index contributed by atoms with van der Waals surface area (Å²) in [5, 5.41) is 7.82. The van der Waals surface area contributed by atoms with Gasteiger partial charge in [0.15, 0.2) is 5.78 Å². The van der Waals surface area contributed by atoms with Crippen molar-refractivity contribution in [2.45, 2.75) is 19.8 Å². The van der Waals surface area contributed by atoms with Gasteiger partial charge < -0.3 is 4.74 Å². The summed E-state index contributed by atoms with van der Waals surface area (Å²) in [6.45, 7) is 2.07. The molecule has 2 aromatic rings. The van der Waals surface area contributed by atoms with Crippen LogP contribution in [-0.2, 0) is 9.53 Å². The molecule has 0 saturated carbocycles. The van der Waals surface area contributed by atoms with Crippen LogP contribution in [0, 0.1) is 0 Å². The SMILES string of the molecule is CCOC(=O)CCC(=O)c1ccc(-c2cccnn2)cc1. The molecule has 0 aliphatic rings. The van der Waals surface area contributed by atoms with Gasteiger partial charge in [-0.05, 0) is 19.1 Å². The number of benzene rings is 1. The first-order valence-corrected chi connectivity index (χ1v) is 6.77. The summed E-state index contributed by atoms with van der Waals surface area (Å²) >= 11 is 0. The molecule has 0 N–H and O–H groups in total. The first-order valence-electron chi connectivity index (χ1n) is 6.77. The fourth-order valence-corrected chi connectivity index (χ4v) is 1.88. The molecule has 5 heteroatoms. The highest BCUT2D eigenvalue weighted by Gasteiger charge is 2.10. The molecular weight excluding hydrogens is 268 g/mol. The lowest BCUT2D eigenvalue weighted by Crippen LogP contribution is -2.07. The Hall–Kier alpha value is -2.56. The summed E-state index contributed by atoms with van der Waals surface area (Å²) in [7, 11) is 0. The second-order valence-corrected chi connectivity index (χ2v) is 4.41. The number of ketones is 1. The number of rotatable bonds is 6. The summed E-state index contributed by atoms with van der Waals surface area (Å²) in [6.07, 6.45) is 1.87. The molecule has 0 aliphatic heterocycles. The van der Waals surface area contributed by atoms with Crippen molar-refractivity contribution in [1.29, 1.82) is 0 Å². The fraction of sp³-hybridized carbons (Fsp3) is 0.250. The van der Waals surface area contributed by atoms with Crippen LogP contribution in [0.15, 0.2) is 42.6 Å². The van der Waals surface area contributed by atoms with Crippen molar-refractivity contribution in [3.63, 3.8) is 0 Å². The van der Waals surface area contributed by atoms with Crippen LogP contribution in [0.1, 0.15) is 30.1 Å². The van der Waals surface area contributed by atoms with E-state index in [0.29, 0.717) is 12.2 Å². The van der Waals surface area contributed by atoms with Gasteiger partial charge in [-0.1, -0.05) is 24.3 Å². The molecule has 0 radical (unpaired) electrons. The van der Waals surface area contributed by atoms with Crippen molar-refractivity contribution in [1.82, 2.24) is 10.2 Å². The lowest BCUT2D eigenvalue weighted by molar-refractivity contribution is -0.143. The molecule has 1 aromatic heterocycles. The van der Waals surface area contributed by atoms with Crippen LogP contribution in [0.25, 0.3) is 11.3 Å². The Balaban J connectivity index is 1.99. The molecular formula is C16H16N2O3. The molecule has 5 nitrogen and oxygen atoms in total. The maximum Gasteiger partial charge on any atom is 0.306 e. The minimum atomic E-state index is -0.345. The number of esters is 1. The second kappa shape index (κ2) is 7.28. The topological polar surface area (TPSA) is 69.2 Å². The zero-order chi connectivity index (χ0) is 15.1. The van der Waals surface area contributed by atoms with E-state index in [9.17, 15) is 9.59 Å². The van der Waals surface area contributed by atoms with Gasteiger partial charge in [-0.3, -0.25) is 9.59 Å². The minimum Gasteiger partial charge on any atom is -0.466 e. The predicted octanol–water partition coefficient (Wildman–Crippen LogP) is 2.67. The lowest BCUT2D eigenvalue weighted by atomic mass is 10.0. The maximum absolute atomic E-state index is 12.0. The number of carbonyl (C=O) groups excluding carboxylic acids is 2. The van der Waals surface area contributed by atoms with E-state index in [1.807, 2.05) is 18.2 Å². The molecule has 1 aromatic carbocycles. The van der Waals surface area contributed by atoms with Gasteiger partial charge in [0.1, 0.15) is 0 Å². The third-order valence-corrected chi connectivity index (χ3v) is 2.94. The highest BCUT2D eigenvalue weighted by molar-refractivity contribution is 5.97. The Labute approximate surface area is 123 Å². The Kier molecular flexibility index (Phi) is 5.15. The quantitative estimate of drug-likeness (QED) is 0.602. The van der Waals surface area contributed by atoms with E-state index in [-0.39, 0.29) is 24.6 Å². The molecule has 2 rings (SSSR count). The molecule has 0 amide bonds. The third-order valence-electron chi connectivity index (χ3n) is 2.94. The Morgan fingerprint density at radius 1 is 1.10 bits per heavy atom. The Morgan fingerprint density at radius 2 is 1.86 bits per heavy atom. The minimum absolute atomic E-state index is 0.0752. The van der Waals surface area contributed by atoms with Crippen molar-refractivity contribution >= 4 is 11.8 Å². The van der Waals surface area contributed by atoms with Crippen LogP contribution < -0.4 is 0 Å². The number of carbonyl (C=O) groups is 2. The van der Waals surface area contributed by atoms with Crippen molar-refractivity contribution in [2.24, 2.45) is 0 Å². The average Bonchev–Trinajstić information content (AvgIpc) is 2.54. The number of Topliss-reactive ketones (excluding diaryl/α,β-unsaturated/α-hetero) is 1. The highest BCUT2D eigenvalue weighted by Crippen LogP contribution is 2.17. The van der Waals surface area contributed by atoms with Crippen molar-refractivity contribution < 1.29 is 14.3 Å². The molecule has 21 heavy (non-hydrogen) atoms. The van der Waals surface area contributed by atoms with Crippen LogP contribution in [-0.4, -0.2) is 28.6 Å². The summed E-state index contributed by atoms with van der Waals surface area (Å²) in [5.74, 6) is -0.421. The van der Waals surface area contributed by atoms with Gasteiger partial charge in [0.25, 0.3) is 0 Å². The Morgan fingerprint density at radius 3 is 2.48 bits per heavy atom. The standard InChI is InChI=1S/C16H16N2O3/c1-2-21-16(20)10-9-15(19)13-7-5-12(6-8-13)14-4-3-11-17-18-14/h3-8,11H,2,9-10H2,1H3. The van der Waals surface area contributed by atoms with Gasteiger partial charge in [0.2, 0.25) is 0 Å². The monoisotopic (exact) mass is 284 g/mol. The van der Waals surface area contributed by atoms with Gasteiger partial charge in [-0.15, -0.1) is 0 Å². The van der Waals surface area contributed by atoms with E-state index in [1.165, 1.54) is 0 Å². The number of ether oxygens (including phenoxy) is 1. The molecule has 0 spiro atoms. The van der Waals surface area contributed by atoms with E-state index < -0.39 is 0 Å². The summed E-state index contributed by atoms with van der Waals surface area (Å²) in [5.41, 5.74) is 2.22. The van der Waals surface area contributed by atoms with E-state index in [0.717, 1.165) is 11.3 Å². The van der Waals surface area contributed by atoms with E-state index >= 15 is 0 Å². The zero-order valence-electron chi connectivity index (χ0n) is 11.8. The second-order valence-electron chi connectivity index (χ2n) is 4.41. The van der Waals surface area contributed by atoms with Crippen LogP contribution in [0.4, 0.5) is 0 Å². The first kappa shape index (κ1) is 14.8. The maximum atomic E-state index is 12.0. The number of nitrogens with zero attached hydrogens (tertiary/aromatic N) is 2. The smallest absolute Gasteiger partial charge is 0.306 e. The van der Waals surface area contributed by atoms with Crippen molar-refractivity contribution in [2.75, 3.05) is 6.61 Å². The molecule has 0 bridgehead atoms. The number of hydrogen-bond donors (Lipinski definition) is 0. The van der Waals surface area contributed by atoms with Crippen LogP contribution in [0.5, 0.6) is 0 Å². The molecule has 1 heterocycles. The van der Waals surface area contributed by atoms with Gasteiger partial charge in [-0.25, -0.2) is 0 Å². The van der Waals surface area contributed by atoms with Gasteiger partial charge in [-0.2, -0.15) is 10.2 Å². The van der Waals surface area contributed by atoms with Crippen LogP contribution in [0.3, 0.4) is 0 Å². The molecule has 0 atom stereocenters. The molecule has 0 saturated heterocycles. The summed E-state index contributed by atoms with van der Waals surface area (Å²) in [6, 6.07) is 10.8. The van der Waals surface area contributed by atoms with E-state index in [2.05, 4.69) is 10.2 Å². The fourth-order valence-electron chi connectivity index (χ4n) is 1.88. The predicted molar refractivity (Wildman–Crippen MR) is 77.7 cm³/mol. The lowest BCUT2D eigenvalue weighted by Gasteiger charge is -2.03. The zero-order valence-corrected chi connectivity index (χ0v) is 11.8. The van der Waals surface area contributed by atoms with Crippen LogP contribution in [0.2, 0.25) is 0 Å². The van der Waals surface area contributed by atoms with E-state index in [4.69, 9.17) is 4.74 Å². The van der Waals surface area contributed by atoms with Crippen LogP contribution >= 0.6 is 0 Å². The molecule has 0 aliphatic carbocycles. The van der Waals surface area contributed by atoms with Crippen molar-refractivity contribution in [3.8, 4) is 11.3 Å². The molecule has 108 valence electrons. The third kappa shape index (κ3) is 4.21. The van der Waals surface area contributed by atoms with Gasteiger partial charge >= 0.3 is 5.97 Å². The van der Waals surface area contributed by atoms with Gasteiger partial charge in [0, 0.05) is 23.7 Å². The Bertz CT molecular complexity index is 609. The average molecular weight is 284 g/mol. The molecule has 0 fully saturated rings. The van der Waals surface area contributed by atoms with E-state index in [1.54, 1.807) is 31.3 Å². The normalized spacial score (nSPS) is 10.1. The largest absolute Gasteiger partial charge is 0.466 e. The summed E-state index contributed by atoms with van der Waals surface area (Å²) < 4.78 is 4.80. The highest BCUT2D eigenvalue weighted by atomic mass is 16.5. The first-order chi connectivity index (χ1) is 10.2. The summed E-state index contributed by atoms with van der Waals surface area (Å²) in [4.78, 5) is 23.2. The molecule has 0 unspecified atom stereocenters.